The molecular formula is C15H33NNaO6S2-. The van der Waals surface area contributed by atoms with E-state index in [9.17, 15) is 25.9 Å². The van der Waals surface area contributed by atoms with Gasteiger partial charge in [-0.1, -0.05) is 64.7 Å². The molecule has 0 rings (SSSR count). The Kier molecular flexibility index (Phi) is 23.8. The first-order valence-electron chi connectivity index (χ1n) is 8.64. The van der Waals surface area contributed by atoms with Crippen molar-refractivity contribution in [2.75, 3.05) is 25.1 Å². The van der Waals surface area contributed by atoms with Crippen molar-refractivity contribution in [2.45, 2.75) is 71.1 Å². The van der Waals surface area contributed by atoms with Crippen molar-refractivity contribution in [3.05, 3.63) is 0 Å². The third-order valence-electron chi connectivity index (χ3n) is 3.35. The van der Waals surface area contributed by atoms with Gasteiger partial charge in [0.1, 0.15) is 0 Å². The van der Waals surface area contributed by atoms with E-state index in [1.807, 2.05) is 0 Å². The molecule has 0 saturated carbocycles. The molecule has 7 nitrogen and oxygen atoms in total. The second-order valence-electron chi connectivity index (χ2n) is 5.81. The molecule has 0 atom stereocenters. The van der Waals surface area contributed by atoms with E-state index in [0.717, 1.165) is 12.8 Å². The van der Waals surface area contributed by atoms with Gasteiger partial charge in [0.15, 0.2) is 0 Å². The van der Waals surface area contributed by atoms with Gasteiger partial charge in [-0.25, -0.2) is 16.8 Å². The maximum Gasteiger partial charge on any atom is 1.00 e. The molecule has 0 aromatic carbocycles. The second kappa shape index (κ2) is 19.5. The molecular weight excluding hydrogens is 377 g/mol. The number of rotatable bonds is 14. The van der Waals surface area contributed by atoms with Crippen LogP contribution in [-0.2, 0) is 20.2 Å². The first-order valence-corrected chi connectivity index (χ1v) is 11.8. The number of unbranched alkanes of at least 4 members (excludes halogenated alkanes) is 9. The molecule has 0 aliphatic rings. The van der Waals surface area contributed by atoms with Gasteiger partial charge in [0.2, 0.25) is 0 Å². The Morgan fingerprint density at radius 1 is 0.680 bits per heavy atom. The maximum absolute atomic E-state index is 10.3. The van der Waals surface area contributed by atoms with E-state index in [1.165, 1.54) is 44.9 Å². The first kappa shape index (κ1) is 30.5. The first-order chi connectivity index (χ1) is 11.1. The van der Waals surface area contributed by atoms with Crippen LogP contribution in [0.25, 0.3) is 0 Å². The summed E-state index contributed by atoms with van der Waals surface area (Å²) in [6, 6.07) is 0. The SMILES string of the molecule is CCCCCCCCCCCCS(=O)(=O)[O-].CNCCS(=O)(=O)[O-].[Na+]. The van der Waals surface area contributed by atoms with Crippen LogP contribution in [0.2, 0.25) is 0 Å². The average molecular weight is 411 g/mol. The fourth-order valence-corrected chi connectivity index (χ4v) is 3.01. The van der Waals surface area contributed by atoms with Gasteiger partial charge in [0.05, 0.1) is 26.0 Å². The summed E-state index contributed by atoms with van der Waals surface area (Å²) in [5.41, 5.74) is 0. The molecule has 10 heteroatoms. The zero-order chi connectivity index (χ0) is 18.9. The predicted molar refractivity (Wildman–Crippen MR) is 94.9 cm³/mol. The van der Waals surface area contributed by atoms with Crippen LogP contribution in [0.5, 0.6) is 0 Å². The smallest absolute Gasteiger partial charge is 0.748 e. The van der Waals surface area contributed by atoms with Gasteiger partial charge in [-0.15, -0.1) is 0 Å². The van der Waals surface area contributed by atoms with Crippen molar-refractivity contribution in [1.29, 1.82) is 0 Å². The van der Waals surface area contributed by atoms with Crippen LogP contribution >= 0.6 is 0 Å². The summed E-state index contributed by atoms with van der Waals surface area (Å²) in [4.78, 5) is 0. The van der Waals surface area contributed by atoms with Gasteiger partial charge < -0.3 is 14.4 Å². The van der Waals surface area contributed by atoms with Crippen molar-refractivity contribution in [2.24, 2.45) is 0 Å². The standard InChI is InChI=1S/C12H26O3S.C3H9NO3S.Na/c1-2-3-4-5-6-7-8-9-10-11-12-16(13,14)15;1-4-2-3-8(5,6)7;/h2-12H2,1H3,(H,13,14,15);4H,2-3H2,1H3,(H,5,6,7);/q;;+1/p-2. The van der Waals surface area contributed by atoms with Gasteiger partial charge in [-0.3, -0.25) is 0 Å². The van der Waals surface area contributed by atoms with Crippen LogP contribution < -0.4 is 34.9 Å². The number of hydrogen-bond acceptors (Lipinski definition) is 7. The average Bonchev–Trinajstić information content (AvgIpc) is 2.46. The molecule has 1 N–H and O–H groups in total. The van der Waals surface area contributed by atoms with Crippen LogP contribution in [-0.4, -0.2) is 51.0 Å². The third kappa shape index (κ3) is 36.5. The zero-order valence-electron chi connectivity index (χ0n) is 16.0. The second-order valence-corrected chi connectivity index (χ2v) is 8.86. The summed E-state index contributed by atoms with van der Waals surface area (Å²) in [5, 5.41) is 2.55. The minimum absolute atomic E-state index is 0. The van der Waals surface area contributed by atoms with Crippen molar-refractivity contribution in [1.82, 2.24) is 5.32 Å². The quantitative estimate of drug-likeness (QED) is 0.226. The Hall–Kier alpha value is 0.780. The molecule has 0 spiro atoms. The monoisotopic (exact) mass is 410 g/mol. The molecule has 0 saturated heterocycles. The Bertz CT molecular complexity index is 468. The molecule has 0 radical (unpaired) electrons. The Morgan fingerprint density at radius 2 is 1.04 bits per heavy atom. The molecule has 25 heavy (non-hydrogen) atoms. The Morgan fingerprint density at radius 3 is 1.32 bits per heavy atom. The molecule has 148 valence electrons. The van der Waals surface area contributed by atoms with E-state index in [4.69, 9.17) is 0 Å². The van der Waals surface area contributed by atoms with E-state index in [2.05, 4.69) is 12.2 Å². The molecule has 0 aliphatic heterocycles. The van der Waals surface area contributed by atoms with E-state index in [0.29, 0.717) is 6.42 Å². The van der Waals surface area contributed by atoms with Crippen LogP contribution in [0.3, 0.4) is 0 Å². The molecule has 0 aliphatic carbocycles. The van der Waals surface area contributed by atoms with E-state index in [-0.39, 0.29) is 47.6 Å². The van der Waals surface area contributed by atoms with E-state index >= 15 is 0 Å². The predicted octanol–water partition coefficient (Wildman–Crippen LogP) is -0.792. The van der Waals surface area contributed by atoms with Crippen LogP contribution in [0.15, 0.2) is 0 Å². The minimum atomic E-state index is -4.00. The fraction of sp³-hybridized carbons (Fsp3) is 1.00. The normalized spacial score (nSPS) is 11.4. The van der Waals surface area contributed by atoms with Crippen molar-refractivity contribution >= 4 is 20.2 Å². The molecule has 0 fully saturated rings. The zero-order valence-corrected chi connectivity index (χ0v) is 19.6. The third-order valence-corrected chi connectivity index (χ3v) is 4.84. The van der Waals surface area contributed by atoms with Crippen LogP contribution in [0.1, 0.15) is 71.1 Å². The van der Waals surface area contributed by atoms with Gasteiger partial charge in [-0.2, -0.15) is 0 Å². The Labute approximate surface area is 176 Å². The largest absolute Gasteiger partial charge is 1.00 e. The summed E-state index contributed by atoms with van der Waals surface area (Å²) >= 11 is 0. The molecule has 0 unspecified atom stereocenters. The summed E-state index contributed by atoms with van der Waals surface area (Å²) in [7, 11) is -6.39. The number of nitrogens with one attached hydrogen (secondary N) is 1. The molecule has 0 aromatic rings. The summed E-state index contributed by atoms with van der Waals surface area (Å²) in [5.74, 6) is -0.521. The number of hydrogen-bond donors (Lipinski definition) is 1. The Balaban J connectivity index is -0.000000457. The van der Waals surface area contributed by atoms with Gasteiger partial charge in [0, 0.05) is 12.3 Å². The van der Waals surface area contributed by atoms with Gasteiger partial charge in [0.25, 0.3) is 0 Å². The minimum Gasteiger partial charge on any atom is -0.748 e. The summed E-state index contributed by atoms with van der Waals surface area (Å²) < 4.78 is 60.3. The molecule has 0 amide bonds. The van der Waals surface area contributed by atoms with E-state index < -0.39 is 20.2 Å². The summed E-state index contributed by atoms with van der Waals surface area (Å²) in [6.07, 6.45) is 11.4. The molecule has 0 aromatic heterocycles. The van der Waals surface area contributed by atoms with Crippen LogP contribution in [0.4, 0.5) is 0 Å². The van der Waals surface area contributed by atoms with Crippen molar-refractivity contribution in [3.8, 4) is 0 Å². The van der Waals surface area contributed by atoms with Gasteiger partial charge >= 0.3 is 29.6 Å². The molecule has 0 bridgehead atoms. The van der Waals surface area contributed by atoms with Crippen molar-refractivity contribution < 1.29 is 55.5 Å². The van der Waals surface area contributed by atoms with Gasteiger partial charge in [-0.05, 0) is 13.5 Å². The topological polar surface area (TPSA) is 126 Å². The maximum atomic E-state index is 10.3. The molecule has 0 heterocycles. The van der Waals surface area contributed by atoms with E-state index in [1.54, 1.807) is 7.05 Å². The van der Waals surface area contributed by atoms with Crippen molar-refractivity contribution in [3.63, 3.8) is 0 Å². The fourth-order valence-electron chi connectivity index (χ4n) is 1.99. The van der Waals surface area contributed by atoms with Crippen LogP contribution in [0, 0.1) is 0 Å². The summed E-state index contributed by atoms with van der Waals surface area (Å²) in [6.45, 7) is 2.44.